The number of piperidine rings is 1. The number of amides is 1. The molecule has 1 atom stereocenters. The molecule has 1 amide bonds. The maximum absolute atomic E-state index is 12.7. The van der Waals surface area contributed by atoms with Gasteiger partial charge in [0.2, 0.25) is 0 Å². The first-order valence-corrected chi connectivity index (χ1v) is 9.54. The number of benzene rings is 3. The van der Waals surface area contributed by atoms with Crippen LogP contribution in [0.3, 0.4) is 0 Å². The topological polar surface area (TPSA) is 58.4 Å². The van der Waals surface area contributed by atoms with Crippen LogP contribution in [0, 0.1) is 0 Å². The zero-order valence-corrected chi connectivity index (χ0v) is 16.6. The van der Waals surface area contributed by atoms with Crippen LogP contribution in [0.5, 0.6) is 0 Å². The number of carbonyl (C=O) groups excluding carboxylic acids is 1. The molecule has 1 heterocycles. The number of carbonyl (C=O) groups is 1. The van der Waals surface area contributed by atoms with Crippen molar-refractivity contribution in [2.24, 2.45) is 0 Å². The highest BCUT2D eigenvalue weighted by molar-refractivity contribution is 5.98. The first kappa shape index (κ1) is 20.2. The number of nitrogens with two attached hydrogens (primary N) is 1. The van der Waals surface area contributed by atoms with E-state index in [9.17, 15) is 4.79 Å². The van der Waals surface area contributed by atoms with Gasteiger partial charge in [-0.05, 0) is 60.0 Å². The summed E-state index contributed by atoms with van der Waals surface area (Å²) in [6.07, 6.45) is 2.11. The summed E-state index contributed by atoms with van der Waals surface area (Å²) in [5.41, 5.74) is 8.62. The van der Waals surface area contributed by atoms with Crippen LogP contribution in [0.25, 0.3) is 10.8 Å². The Balaban J connectivity index is 0.00000225. The molecule has 0 saturated carbocycles. The van der Waals surface area contributed by atoms with E-state index < -0.39 is 0 Å². The Labute approximate surface area is 172 Å². The van der Waals surface area contributed by atoms with Crippen molar-refractivity contribution in [1.82, 2.24) is 10.2 Å². The fourth-order valence-corrected chi connectivity index (χ4v) is 3.87. The lowest BCUT2D eigenvalue weighted by Gasteiger charge is -2.33. The van der Waals surface area contributed by atoms with E-state index >= 15 is 0 Å². The van der Waals surface area contributed by atoms with Crippen molar-refractivity contribution in [2.45, 2.75) is 25.4 Å². The Hall–Kier alpha value is -2.56. The second-order valence-corrected chi connectivity index (χ2v) is 7.35. The van der Waals surface area contributed by atoms with Crippen molar-refractivity contribution in [3.05, 3.63) is 77.9 Å². The molecule has 0 aromatic heterocycles. The summed E-state index contributed by atoms with van der Waals surface area (Å²) in [5.74, 6) is 0.0107. The number of nitrogens with one attached hydrogen (secondary N) is 1. The summed E-state index contributed by atoms with van der Waals surface area (Å²) in [7, 11) is 0. The fraction of sp³-hybridized carbons (Fsp3) is 0.261. The van der Waals surface area contributed by atoms with Gasteiger partial charge in [0.1, 0.15) is 0 Å². The molecule has 1 saturated heterocycles. The van der Waals surface area contributed by atoms with Crippen molar-refractivity contribution in [2.75, 3.05) is 18.8 Å². The molecule has 1 aliphatic heterocycles. The lowest BCUT2D eigenvalue weighted by Crippen LogP contribution is -2.47. The Morgan fingerprint density at radius 2 is 1.86 bits per heavy atom. The van der Waals surface area contributed by atoms with Crippen LogP contribution in [0.2, 0.25) is 0 Å². The van der Waals surface area contributed by atoms with Gasteiger partial charge >= 0.3 is 0 Å². The Morgan fingerprint density at radius 3 is 2.68 bits per heavy atom. The molecule has 3 aromatic carbocycles. The maximum Gasteiger partial charge on any atom is 0.251 e. The van der Waals surface area contributed by atoms with E-state index in [0.29, 0.717) is 0 Å². The molecule has 1 unspecified atom stereocenters. The quantitative estimate of drug-likeness (QED) is 0.649. The number of nitrogens with zero attached hydrogens (tertiary/aromatic N) is 1. The minimum Gasteiger partial charge on any atom is -0.399 e. The summed E-state index contributed by atoms with van der Waals surface area (Å²) in [6, 6.07) is 22.2. The minimum absolute atomic E-state index is 0. The molecule has 3 aromatic rings. The molecule has 0 aliphatic carbocycles. The van der Waals surface area contributed by atoms with Gasteiger partial charge in [0.05, 0.1) is 0 Å². The van der Waals surface area contributed by atoms with E-state index in [-0.39, 0.29) is 24.4 Å². The van der Waals surface area contributed by atoms with Gasteiger partial charge in [-0.1, -0.05) is 42.5 Å². The highest BCUT2D eigenvalue weighted by atomic mass is 35.5. The number of halogens is 1. The zero-order chi connectivity index (χ0) is 18.6. The summed E-state index contributed by atoms with van der Waals surface area (Å²) < 4.78 is 0. The number of hydrogen-bond donors (Lipinski definition) is 2. The molecule has 28 heavy (non-hydrogen) atoms. The molecular formula is C23H26ClN3O. The molecule has 1 fully saturated rings. The average Bonchev–Trinajstić information content (AvgIpc) is 2.68. The Kier molecular flexibility index (Phi) is 6.55. The molecule has 4 nitrogen and oxygen atoms in total. The van der Waals surface area contributed by atoms with Gasteiger partial charge in [-0.15, -0.1) is 12.4 Å². The predicted molar refractivity (Wildman–Crippen MR) is 118 cm³/mol. The average molecular weight is 396 g/mol. The molecule has 146 valence electrons. The van der Waals surface area contributed by atoms with Gasteiger partial charge in [0, 0.05) is 30.4 Å². The third kappa shape index (κ3) is 4.83. The van der Waals surface area contributed by atoms with E-state index in [4.69, 9.17) is 5.73 Å². The lowest BCUT2D eigenvalue weighted by molar-refractivity contribution is 0.0901. The SMILES string of the molecule is Cl.Nc1cccc(CN2CCCC(NC(=O)c3ccc4ccccc4c3)C2)c1. The monoisotopic (exact) mass is 395 g/mol. The second-order valence-electron chi connectivity index (χ2n) is 7.35. The fourth-order valence-electron chi connectivity index (χ4n) is 3.87. The third-order valence-corrected chi connectivity index (χ3v) is 5.21. The number of likely N-dealkylation sites (tertiary alicyclic amines) is 1. The van der Waals surface area contributed by atoms with Gasteiger partial charge in [0.25, 0.3) is 5.91 Å². The van der Waals surface area contributed by atoms with E-state index in [0.717, 1.165) is 54.5 Å². The smallest absolute Gasteiger partial charge is 0.251 e. The lowest BCUT2D eigenvalue weighted by atomic mass is 10.0. The highest BCUT2D eigenvalue weighted by Gasteiger charge is 2.22. The first-order chi connectivity index (χ1) is 13.2. The standard InChI is InChI=1S/C23H25N3O.ClH/c24-21-8-3-5-17(13-21)15-26-12-4-9-22(16-26)25-23(27)20-11-10-18-6-1-2-7-19(18)14-20;/h1-3,5-8,10-11,13-14,22H,4,9,12,15-16,24H2,(H,25,27);1H. The molecule has 0 radical (unpaired) electrons. The van der Waals surface area contributed by atoms with E-state index in [1.165, 1.54) is 5.56 Å². The zero-order valence-electron chi connectivity index (χ0n) is 15.8. The van der Waals surface area contributed by atoms with Crippen molar-refractivity contribution in [1.29, 1.82) is 0 Å². The van der Waals surface area contributed by atoms with Crippen LogP contribution in [-0.4, -0.2) is 29.9 Å². The molecule has 4 rings (SSSR count). The summed E-state index contributed by atoms with van der Waals surface area (Å²) in [4.78, 5) is 15.1. The van der Waals surface area contributed by atoms with Crippen LogP contribution in [-0.2, 0) is 6.54 Å². The van der Waals surface area contributed by atoms with Gasteiger partial charge in [-0.2, -0.15) is 0 Å². The van der Waals surface area contributed by atoms with Crippen LogP contribution in [0.4, 0.5) is 5.69 Å². The molecular weight excluding hydrogens is 370 g/mol. The normalized spacial score (nSPS) is 17.1. The minimum atomic E-state index is 0. The van der Waals surface area contributed by atoms with Crippen LogP contribution < -0.4 is 11.1 Å². The highest BCUT2D eigenvalue weighted by Crippen LogP contribution is 2.18. The molecule has 0 spiro atoms. The van der Waals surface area contributed by atoms with E-state index in [1.807, 2.05) is 54.6 Å². The van der Waals surface area contributed by atoms with Crippen molar-refractivity contribution in [3.63, 3.8) is 0 Å². The van der Waals surface area contributed by atoms with Gasteiger partial charge < -0.3 is 11.1 Å². The summed E-state index contributed by atoms with van der Waals surface area (Å²) in [5, 5.41) is 5.47. The molecule has 3 N–H and O–H groups in total. The first-order valence-electron chi connectivity index (χ1n) is 9.54. The number of anilines is 1. The number of hydrogen-bond acceptors (Lipinski definition) is 3. The molecule has 1 aliphatic rings. The van der Waals surface area contributed by atoms with Gasteiger partial charge in [-0.25, -0.2) is 0 Å². The summed E-state index contributed by atoms with van der Waals surface area (Å²) >= 11 is 0. The van der Waals surface area contributed by atoms with Crippen LogP contribution >= 0.6 is 12.4 Å². The van der Waals surface area contributed by atoms with Crippen molar-refractivity contribution >= 4 is 34.8 Å². The Bertz CT molecular complexity index is 959. The molecule has 5 heteroatoms. The summed E-state index contributed by atoms with van der Waals surface area (Å²) in [6.45, 7) is 2.79. The van der Waals surface area contributed by atoms with Crippen molar-refractivity contribution in [3.8, 4) is 0 Å². The maximum atomic E-state index is 12.7. The van der Waals surface area contributed by atoms with E-state index in [1.54, 1.807) is 0 Å². The van der Waals surface area contributed by atoms with Gasteiger partial charge in [0.15, 0.2) is 0 Å². The number of rotatable bonds is 4. The molecule has 0 bridgehead atoms. The van der Waals surface area contributed by atoms with Crippen LogP contribution in [0.1, 0.15) is 28.8 Å². The number of fused-ring (bicyclic) bond motifs is 1. The second kappa shape index (κ2) is 9.09. The van der Waals surface area contributed by atoms with Gasteiger partial charge in [-0.3, -0.25) is 9.69 Å². The van der Waals surface area contributed by atoms with Crippen molar-refractivity contribution < 1.29 is 4.79 Å². The predicted octanol–water partition coefficient (Wildman–Crippen LogP) is 4.24. The van der Waals surface area contributed by atoms with E-state index in [2.05, 4.69) is 22.3 Å². The number of nitrogen functional groups attached to an aromatic ring is 1. The largest absolute Gasteiger partial charge is 0.399 e. The Morgan fingerprint density at radius 1 is 1.04 bits per heavy atom. The van der Waals surface area contributed by atoms with Crippen LogP contribution in [0.15, 0.2) is 66.7 Å². The third-order valence-electron chi connectivity index (χ3n) is 5.21.